The van der Waals surface area contributed by atoms with Gasteiger partial charge in [-0.05, 0) is 24.6 Å². The molecule has 5 heteroatoms. The summed E-state index contributed by atoms with van der Waals surface area (Å²) in [6.07, 6.45) is -4.46. The summed E-state index contributed by atoms with van der Waals surface area (Å²) in [4.78, 5) is 0. The highest BCUT2D eigenvalue weighted by Crippen LogP contribution is 2.36. The van der Waals surface area contributed by atoms with E-state index in [9.17, 15) is 13.2 Å². The number of ether oxygens (including phenoxy) is 1. The summed E-state index contributed by atoms with van der Waals surface area (Å²) in [7, 11) is 0. The molecule has 0 saturated heterocycles. The van der Waals surface area contributed by atoms with Crippen molar-refractivity contribution in [1.82, 2.24) is 0 Å². The van der Waals surface area contributed by atoms with Gasteiger partial charge in [0.15, 0.2) is 0 Å². The normalized spacial score (nSPS) is 11.5. The van der Waals surface area contributed by atoms with Crippen molar-refractivity contribution in [2.45, 2.75) is 19.7 Å². The predicted octanol–water partition coefficient (Wildman–Crippen LogP) is 2.60. The second-order valence-electron chi connectivity index (χ2n) is 2.92. The van der Waals surface area contributed by atoms with Crippen LogP contribution in [-0.4, -0.2) is 11.7 Å². The number of rotatable bonds is 3. The fourth-order valence-electron chi connectivity index (χ4n) is 1.18. The van der Waals surface area contributed by atoms with E-state index in [1.807, 2.05) is 0 Å². The van der Waals surface area contributed by atoms with Crippen LogP contribution in [0.1, 0.15) is 18.1 Å². The highest BCUT2D eigenvalue weighted by Gasteiger charge is 2.34. The van der Waals surface area contributed by atoms with E-state index in [4.69, 9.17) is 9.84 Å². The van der Waals surface area contributed by atoms with Gasteiger partial charge in [0.1, 0.15) is 5.75 Å². The van der Waals surface area contributed by atoms with Gasteiger partial charge in [0.05, 0.1) is 18.8 Å². The molecule has 0 aromatic heterocycles. The Morgan fingerprint density at radius 1 is 1.33 bits per heavy atom. The molecule has 0 fully saturated rings. The highest BCUT2D eigenvalue weighted by molar-refractivity contribution is 5.39. The minimum atomic E-state index is -4.46. The molecule has 0 bridgehead atoms. The maximum atomic E-state index is 12.5. The summed E-state index contributed by atoms with van der Waals surface area (Å²) in [5, 5.41) is 8.74. The summed E-state index contributed by atoms with van der Waals surface area (Å²) in [6.45, 7) is 1.36. The first-order valence-corrected chi connectivity index (χ1v) is 4.42. The van der Waals surface area contributed by atoms with Crippen LogP contribution >= 0.6 is 0 Å². The average Bonchev–Trinajstić information content (AvgIpc) is 2.17. The van der Waals surface area contributed by atoms with Crippen LogP contribution in [0.4, 0.5) is 13.2 Å². The number of halogens is 3. The van der Waals surface area contributed by atoms with E-state index >= 15 is 0 Å². The van der Waals surface area contributed by atoms with Crippen LogP contribution in [0.3, 0.4) is 0 Å². The molecule has 0 saturated carbocycles. The Kier molecular flexibility index (Phi) is 3.57. The molecule has 84 valence electrons. The average molecular weight is 220 g/mol. The lowest BCUT2D eigenvalue weighted by Crippen LogP contribution is -2.09. The second-order valence-corrected chi connectivity index (χ2v) is 2.92. The van der Waals surface area contributed by atoms with Crippen molar-refractivity contribution in [1.29, 1.82) is 0 Å². The van der Waals surface area contributed by atoms with E-state index in [1.165, 1.54) is 12.1 Å². The number of hydrogen-bond acceptors (Lipinski definition) is 2. The van der Waals surface area contributed by atoms with Crippen LogP contribution < -0.4 is 4.74 Å². The molecule has 1 N–H and O–H groups in total. The third kappa shape index (κ3) is 2.86. The Bertz CT molecular complexity index is 334. The lowest BCUT2D eigenvalue weighted by atomic mass is 10.1. The van der Waals surface area contributed by atoms with Crippen molar-refractivity contribution in [3.05, 3.63) is 29.3 Å². The first-order chi connectivity index (χ1) is 6.99. The zero-order valence-corrected chi connectivity index (χ0v) is 8.14. The summed E-state index contributed by atoms with van der Waals surface area (Å²) >= 11 is 0. The van der Waals surface area contributed by atoms with Gasteiger partial charge >= 0.3 is 6.18 Å². The van der Waals surface area contributed by atoms with Gasteiger partial charge in [0.2, 0.25) is 0 Å². The molecule has 1 aromatic carbocycles. The molecule has 0 heterocycles. The Morgan fingerprint density at radius 2 is 2.00 bits per heavy atom. The SMILES string of the molecule is CCOc1ccc(CO)cc1C(F)(F)F. The van der Waals surface area contributed by atoms with E-state index in [0.717, 1.165) is 6.07 Å². The van der Waals surface area contributed by atoms with Crippen molar-refractivity contribution < 1.29 is 23.0 Å². The minimum absolute atomic E-state index is 0.168. The number of aliphatic hydroxyl groups is 1. The van der Waals surface area contributed by atoms with Crippen molar-refractivity contribution in [3.63, 3.8) is 0 Å². The summed E-state index contributed by atoms with van der Waals surface area (Å²) < 4.78 is 42.4. The van der Waals surface area contributed by atoms with Gasteiger partial charge in [0.25, 0.3) is 0 Å². The van der Waals surface area contributed by atoms with Crippen molar-refractivity contribution in [3.8, 4) is 5.75 Å². The smallest absolute Gasteiger partial charge is 0.419 e. The zero-order valence-electron chi connectivity index (χ0n) is 8.14. The Morgan fingerprint density at radius 3 is 2.47 bits per heavy atom. The van der Waals surface area contributed by atoms with Gasteiger partial charge in [-0.2, -0.15) is 13.2 Å². The first kappa shape index (κ1) is 11.8. The van der Waals surface area contributed by atoms with E-state index in [2.05, 4.69) is 0 Å². The second kappa shape index (κ2) is 4.53. The fourth-order valence-corrected chi connectivity index (χ4v) is 1.18. The van der Waals surface area contributed by atoms with Crippen LogP contribution in [0.15, 0.2) is 18.2 Å². The van der Waals surface area contributed by atoms with E-state index in [1.54, 1.807) is 6.92 Å². The highest BCUT2D eigenvalue weighted by atomic mass is 19.4. The molecule has 0 aliphatic carbocycles. The van der Waals surface area contributed by atoms with E-state index < -0.39 is 18.3 Å². The number of aliphatic hydroxyl groups excluding tert-OH is 1. The van der Waals surface area contributed by atoms with Crippen LogP contribution in [-0.2, 0) is 12.8 Å². The predicted molar refractivity (Wildman–Crippen MR) is 48.5 cm³/mol. The lowest BCUT2D eigenvalue weighted by Gasteiger charge is -2.13. The van der Waals surface area contributed by atoms with Gasteiger partial charge in [-0.1, -0.05) is 6.07 Å². The van der Waals surface area contributed by atoms with Crippen LogP contribution in [0.5, 0.6) is 5.75 Å². The Labute approximate surface area is 85.3 Å². The van der Waals surface area contributed by atoms with E-state index in [-0.39, 0.29) is 17.9 Å². The molecular weight excluding hydrogens is 209 g/mol. The zero-order chi connectivity index (χ0) is 11.5. The lowest BCUT2D eigenvalue weighted by molar-refractivity contribution is -0.139. The monoisotopic (exact) mass is 220 g/mol. The molecule has 0 aliphatic rings. The first-order valence-electron chi connectivity index (χ1n) is 4.42. The number of hydrogen-bond donors (Lipinski definition) is 1. The molecule has 0 unspecified atom stereocenters. The summed E-state index contributed by atoms with van der Waals surface area (Å²) in [6, 6.07) is 3.52. The molecule has 0 radical (unpaired) electrons. The van der Waals surface area contributed by atoms with Crippen molar-refractivity contribution >= 4 is 0 Å². The summed E-state index contributed by atoms with van der Waals surface area (Å²) in [5.41, 5.74) is -0.637. The van der Waals surface area contributed by atoms with Crippen molar-refractivity contribution in [2.75, 3.05) is 6.61 Å². The van der Waals surface area contributed by atoms with Crippen molar-refractivity contribution in [2.24, 2.45) is 0 Å². The van der Waals surface area contributed by atoms with Gasteiger partial charge in [-0.3, -0.25) is 0 Å². The molecule has 1 rings (SSSR count). The Balaban J connectivity index is 3.16. The van der Waals surface area contributed by atoms with Gasteiger partial charge < -0.3 is 9.84 Å². The van der Waals surface area contributed by atoms with Crippen LogP contribution in [0.2, 0.25) is 0 Å². The third-order valence-corrected chi connectivity index (χ3v) is 1.83. The molecule has 2 nitrogen and oxygen atoms in total. The van der Waals surface area contributed by atoms with Gasteiger partial charge in [-0.15, -0.1) is 0 Å². The third-order valence-electron chi connectivity index (χ3n) is 1.83. The molecule has 0 aliphatic heterocycles. The maximum Gasteiger partial charge on any atom is 0.419 e. The molecule has 15 heavy (non-hydrogen) atoms. The Hall–Kier alpha value is -1.23. The fraction of sp³-hybridized carbons (Fsp3) is 0.400. The van der Waals surface area contributed by atoms with Gasteiger partial charge in [-0.25, -0.2) is 0 Å². The minimum Gasteiger partial charge on any atom is -0.493 e. The largest absolute Gasteiger partial charge is 0.493 e. The number of benzene rings is 1. The van der Waals surface area contributed by atoms with E-state index in [0.29, 0.717) is 0 Å². The molecule has 0 atom stereocenters. The molecule has 0 spiro atoms. The standard InChI is InChI=1S/C10H11F3O2/c1-2-15-9-4-3-7(6-14)5-8(9)10(11,12)13/h3-5,14H,2,6H2,1H3. The van der Waals surface area contributed by atoms with Crippen LogP contribution in [0, 0.1) is 0 Å². The quantitative estimate of drug-likeness (QED) is 0.848. The topological polar surface area (TPSA) is 29.5 Å². The van der Waals surface area contributed by atoms with Crippen LogP contribution in [0.25, 0.3) is 0 Å². The van der Waals surface area contributed by atoms with Gasteiger partial charge in [0, 0.05) is 0 Å². The molecule has 0 amide bonds. The number of alkyl halides is 3. The maximum absolute atomic E-state index is 12.5. The molecule has 1 aromatic rings. The summed E-state index contributed by atoms with van der Waals surface area (Å²) in [5.74, 6) is -0.206. The molecular formula is C10H11F3O2.